The lowest BCUT2D eigenvalue weighted by molar-refractivity contribution is 0.0910. The van der Waals surface area contributed by atoms with Crippen molar-refractivity contribution in [2.24, 2.45) is 0 Å². The van der Waals surface area contributed by atoms with Crippen LogP contribution in [0.1, 0.15) is 27.9 Å². The van der Waals surface area contributed by atoms with Crippen molar-refractivity contribution in [2.75, 3.05) is 6.61 Å². The summed E-state index contributed by atoms with van der Waals surface area (Å²) in [6, 6.07) is 12.5. The van der Waals surface area contributed by atoms with Gasteiger partial charge >= 0.3 is 0 Å². The average Bonchev–Trinajstić information content (AvgIpc) is 3.35. The topological polar surface area (TPSA) is 86.9 Å². The Balaban J connectivity index is 1.38. The lowest BCUT2D eigenvalue weighted by atomic mass is 10.2. The molecular formula is C21H17FN6O2. The predicted octanol–water partition coefficient (Wildman–Crippen LogP) is 2.51. The lowest BCUT2D eigenvalue weighted by Crippen LogP contribution is -2.34. The number of amides is 1. The van der Waals surface area contributed by atoms with Crippen LogP contribution in [0.3, 0.4) is 0 Å². The summed E-state index contributed by atoms with van der Waals surface area (Å²) < 4.78 is 23.4. The number of benzene rings is 1. The second-order valence-electron chi connectivity index (χ2n) is 6.83. The Kier molecular flexibility index (Phi) is 4.47. The van der Waals surface area contributed by atoms with Crippen LogP contribution in [-0.4, -0.2) is 36.8 Å². The van der Waals surface area contributed by atoms with Gasteiger partial charge in [-0.2, -0.15) is 5.10 Å². The molecule has 1 amide bonds. The van der Waals surface area contributed by atoms with Crippen LogP contribution in [0.25, 0.3) is 5.82 Å². The van der Waals surface area contributed by atoms with E-state index in [-0.39, 0.29) is 12.3 Å². The van der Waals surface area contributed by atoms with Gasteiger partial charge in [0.15, 0.2) is 23.1 Å². The smallest absolute Gasteiger partial charge is 0.275 e. The number of carbonyl (C=O) groups excluding carboxylic acids is 1. The van der Waals surface area contributed by atoms with Crippen molar-refractivity contribution in [2.45, 2.75) is 12.6 Å². The maximum absolute atomic E-state index is 14.4. The summed E-state index contributed by atoms with van der Waals surface area (Å²) in [5, 5.41) is 6.91. The molecule has 0 saturated carbocycles. The first-order valence-corrected chi connectivity index (χ1v) is 9.38. The summed E-state index contributed by atoms with van der Waals surface area (Å²) in [4.78, 5) is 21.4. The molecule has 9 heteroatoms. The summed E-state index contributed by atoms with van der Waals surface area (Å²) >= 11 is 0. The van der Waals surface area contributed by atoms with Crippen LogP contribution in [0.4, 0.5) is 4.39 Å². The first kappa shape index (κ1) is 18.0. The van der Waals surface area contributed by atoms with Crippen molar-refractivity contribution in [1.29, 1.82) is 0 Å². The highest BCUT2D eigenvalue weighted by Gasteiger charge is 2.28. The van der Waals surface area contributed by atoms with Crippen molar-refractivity contribution in [3.8, 4) is 11.6 Å². The number of carbonyl (C=O) groups is 1. The van der Waals surface area contributed by atoms with Crippen molar-refractivity contribution >= 4 is 5.91 Å². The van der Waals surface area contributed by atoms with Gasteiger partial charge in [0.05, 0.1) is 12.7 Å². The molecule has 0 saturated heterocycles. The summed E-state index contributed by atoms with van der Waals surface area (Å²) in [6.45, 7) is 0.497. The minimum atomic E-state index is -0.689. The highest BCUT2D eigenvalue weighted by molar-refractivity contribution is 5.92. The molecule has 0 bridgehead atoms. The molecule has 0 unspecified atom stereocenters. The molecule has 3 aromatic heterocycles. The third-order valence-corrected chi connectivity index (χ3v) is 4.79. The van der Waals surface area contributed by atoms with E-state index in [0.29, 0.717) is 23.9 Å². The predicted molar refractivity (Wildman–Crippen MR) is 105 cm³/mol. The van der Waals surface area contributed by atoms with Gasteiger partial charge in [-0.25, -0.2) is 14.4 Å². The number of pyridine rings is 1. The number of nitrogens with zero attached hydrogens (tertiary/aromatic N) is 5. The van der Waals surface area contributed by atoms with Gasteiger partial charge < -0.3 is 10.1 Å². The number of hydrogen-bond acceptors (Lipinski definition) is 5. The Morgan fingerprint density at radius 2 is 2.03 bits per heavy atom. The number of imidazole rings is 1. The minimum Gasteiger partial charge on any atom is -0.487 e. The number of hydrogen-bond donors (Lipinski definition) is 1. The van der Waals surface area contributed by atoms with Gasteiger partial charge in [0, 0.05) is 18.6 Å². The molecule has 0 fully saturated rings. The summed E-state index contributed by atoms with van der Waals surface area (Å²) in [5.41, 5.74) is 0.681. The summed E-state index contributed by atoms with van der Waals surface area (Å²) in [5.74, 6) is 0.379. The van der Waals surface area contributed by atoms with Gasteiger partial charge in [-0.05, 0) is 17.7 Å². The van der Waals surface area contributed by atoms with Crippen LogP contribution in [0.15, 0.2) is 67.3 Å². The fourth-order valence-corrected chi connectivity index (χ4v) is 3.41. The molecule has 1 aliphatic heterocycles. The van der Waals surface area contributed by atoms with Gasteiger partial charge in [0.25, 0.3) is 5.91 Å². The van der Waals surface area contributed by atoms with Crippen LogP contribution in [-0.2, 0) is 6.54 Å². The third-order valence-electron chi connectivity index (χ3n) is 4.79. The molecule has 8 nitrogen and oxygen atoms in total. The summed E-state index contributed by atoms with van der Waals surface area (Å²) in [6.07, 6.45) is 6.23. The highest BCUT2D eigenvalue weighted by atomic mass is 19.1. The zero-order chi connectivity index (χ0) is 20.5. The first-order valence-electron chi connectivity index (χ1n) is 9.38. The molecule has 4 heterocycles. The first-order chi connectivity index (χ1) is 14.7. The Morgan fingerprint density at radius 1 is 1.17 bits per heavy atom. The van der Waals surface area contributed by atoms with Gasteiger partial charge in [-0.15, -0.1) is 0 Å². The summed E-state index contributed by atoms with van der Waals surface area (Å²) in [7, 11) is 0. The van der Waals surface area contributed by atoms with Gasteiger partial charge in [-0.3, -0.25) is 14.0 Å². The minimum absolute atomic E-state index is 0.133. The number of rotatable bonds is 4. The largest absolute Gasteiger partial charge is 0.487 e. The molecule has 0 spiro atoms. The third kappa shape index (κ3) is 3.30. The number of aromatic nitrogens is 5. The Labute approximate surface area is 171 Å². The van der Waals surface area contributed by atoms with E-state index in [9.17, 15) is 9.18 Å². The Bertz CT molecular complexity index is 1200. The van der Waals surface area contributed by atoms with E-state index in [1.54, 1.807) is 35.3 Å². The maximum Gasteiger partial charge on any atom is 0.275 e. The average molecular weight is 404 g/mol. The molecule has 30 heavy (non-hydrogen) atoms. The fraction of sp³-hybridized carbons (Fsp3) is 0.143. The zero-order valence-corrected chi connectivity index (χ0v) is 15.8. The normalized spacial score (nSPS) is 14.9. The Hall–Kier alpha value is -4.01. The van der Waals surface area contributed by atoms with Crippen LogP contribution in [0.5, 0.6) is 5.75 Å². The standard InChI is InChI=1S/C21H17FN6O2/c22-15-12-27(11-14-5-2-1-3-6-14)26-18(15)21(29)25-16-13-30-17-7-4-8-23-20(17)28-10-9-24-19(16)28/h1-10,12,16H,11,13H2,(H,25,29)/t16-/m1/s1. The molecule has 0 radical (unpaired) electrons. The van der Waals surface area contributed by atoms with E-state index in [4.69, 9.17) is 4.74 Å². The van der Waals surface area contributed by atoms with E-state index < -0.39 is 17.8 Å². The fourth-order valence-electron chi connectivity index (χ4n) is 3.41. The monoisotopic (exact) mass is 404 g/mol. The molecular weight excluding hydrogens is 387 g/mol. The van der Waals surface area contributed by atoms with E-state index >= 15 is 0 Å². The van der Waals surface area contributed by atoms with Crippen LogP contribution in [0.2, 0.25) is 0 Å². The molecule has 0 aliphatic carbocycles. The second kappa shape index (κ2) is 7.43. The van der Waals surface area contributed by atoms with Gasteiger partial charge in [0.1, 0.15) is 18.5 Å². The highest BCUT2D eigenvalue weighted by Crippen LogP contribution is 2.28. The SMILES string of the molecule is O=C(N[C@@H]1COc2cccnc2-n2ccnc21)c1nn(Cc2ccccc2)cc1F. The van der Waals surface area contributed by atoms with Crippen LogP contribution >= 0.6 is 0 Å². The molecule has 1 atom stereocenters. The van der Waals surface area contributed by atoms with Crippen LogP contribution in [0, 0.1) is 5.82 Å². The number of fused-ring (bicyclic) bond motifs is 3. The Morgan fingerprint density at radius 3 is 2.90 bits per heavy atom. The quantitative estimate of drug-likeness (QED) is 0.565. The molecule has 4 aromatic rings. The lowest BCUT2D eigenvalue weighted by Gasteiger charge is -2.15. The number of nitrogens with one attached hydrogen (secondary N) is 1. The van der Waals surface area contributed by atoms with Crippen molar-refractivity contribution in [1.82, 2.24) is 29.6 Å². The van der Waals surface area contributed by atoms with Crippen molar-refractivity contribution in [3.05, 3.63) is 90.2 Å². The van der Waals surface area contributed by atoms with E-state index in [1.807, 2.05) is 30.3 Å². The number of ether oxygens (including phenoxy) is 1. The molecule has 1 aromatic carbocycles. The van der Waals surface area contributed by atoms with E-state index in [1.165, 1.54) is 10.9 Å². The van der Waals surface area contributed by atoms with E-state index in [0.717, 1.165) is 5.56 Å². The molecule has 1 N–H and O–H groups in total. The van der Waals surface area contributed by atoms with Crippen molar-refractivity contribution in [3.63, 3.8) is 0 Å². The van der Waals surface area contributed by atoms with Crippen LogP contribution < -0.4 is 10.1 Å². The molecule has 1 aliphatic rings. The van der Waals surface area contributed by atoms with Gasteiger partial charge in [-0.1, -0.05) is 30.3 Å². The van der Waals surface area contributed by atoms with Gasteiger partial charge in [0.2, 0.25) is 0 Å². The molecule has 5 rings (SSSR count). The number of halogens is 1. The maximum atomic E-state index is 14.4. The van der Waals surface area contributed by atoms with E-state index in [2.05, 4.69) is 20.4 Å². The zero-order valence-electron chi connectivity index (χ0n) is 15.8. The molecule has 150 valence electrons. The second-order valence-corrected chi connectivity index (χ2v) is 6.83. The van der Waals surface area contributed by atoms with Crippen molar-refractivity contribution < 1.29 is 13.9 Å².